The largest absolute Gasteiger partial charge is 0.443 e. The van der Waals surface area contributed by atoms with Crippen molar-refractivity contribution in [2.45, 2.75) is 101 Å². The predicted molar refractivity (Wildman–Crippen MR) is 134 cm³/mol. The van der Waals surface area contributed by atoms with Crippen LogP contribution in [-0.2, 0) is 23.7 Å². The number of ether oxygens (including phenoxy) is 5. The fraction of sp³-hybridized carbons (Fsp3) is 0.893. The van der Waals surface area contributed by atoms with E-state index in [0.29, 0.717) is 18.1 Å². The van der Waals surface area contributed by atoms with Gasteiger partial charge in [0.2, 0.25) is 0 Å². The van der Waals surface area contributed by atoms with E-state index in [9.17, 15) is 4.79 Å². The maximum atomic E-state index is 13.0. The summed E-state index contributed by atoms with van der Waals surface area (Å²) in [7, 11) is 1.73. The number of amides is 1. The molecule has 6 rings (SSSR count). The SMILES string of the molecule is COC1C(OC(=O)N2CC(CCN3CC4CCC(C3)O4)C2)CCC2(CO2)C1[C@@]1(C)O[C@@H]1CC=C(C)C. The minimum atomic E-state index is -0.310. The first-order chi connectivity index (χ1) is 17.3. The number of epoxide rings is 2. The molecule has 8 nitrogen and oxygen atoms in total. The van der Waals surface area contributed by atoms with Gasteiger partial charge in [-0.3, -0.25) is 4.90 Å². The van der Waals surface area contributed by atoms with Crippen molar-refractivity contribution in [1.29, 1.82) is 0 Å². The maximum absolute atomic E-state index is 13.0. The fourth-order valence-corrected chi connectivity index (χ4v) is 7.42. The number of nitrogens with zero attached hydrogens (tertiary/aromatic N) is 2. The summed E-state index contributed by atoms with van der Waals surface area (Å²) in [6.07, 6.45) is 8.70. The molecule has 202 valence electrons. The molecule has 5 saturated heterocycles. The summed E-state index contributed by atoms with van der Waals surface area (Å²) < 4.78 is 30.4. The minimum absolute atomic E-state index is 0.0602. The van der Waals surface area contributed by atoms with Gasteiger partial charge in [0.25, 0.3) is 0 Å². The van der Waals surface area contributed by atoms with E-state index in [2.05, 4.69) is 31.7 Å². The Bertz CT molecular complexity index is 854. The van der Waals surface area contributed by atoms with Crippen molar-refractivity contribution in [3.8, 4) is 0 Å². The van der Waals surface area contributed by atoms with Crippen molar-refractivity contribution in [2.75, 3.05) is 46.4 Å². The monoisotopic (exact) mass is 504 g/mol. The summed E-state index contributed by atoms with van der Waals surface area (Å²) in [5, 5.41) is 0. The number of carbonyl (C=O) groups is 1. The van der Waals surface area contributed by atoms with Crippen LogP contribution < -0.4 is 0 Å². The number of rotatable bonds is 8. The molecule has 5 heterocycles. The molecular formula is C28H44N2O6. The highest BCUT2D eigenvalue weighted by molar-refractivity contribution is 5.69. The molecule has 1 saturated carbocycles. The van der Waals surface area contributed by atoms with Crippen LogP contribution in [0.5, 0.6) is 0 Å². The number of hydrogen-bond acceptors (Lipinski definition) is 7. The Morgan fingerprint density at radius 1 is 1.11 bits per heavy atom. The van der Waals surface area contributed by atoms with Crippen molar-refractivity contribution >= 4 is 6.09 Å². The van der Waals surface area contributed by atoms with E-state index in [0.717, 1.165) is 65.0 Å². The third kappa shape index (κ3) is 4.73. The fourth-order valence-electron chi connectivity index (χ4n) is 7.42. The number of likely N-dealkylation sites (tertiary alicyclic amines) is 2. The Balaban J connectivity index is 1.00. The lowest BCUT2D eigenvalue weighted by atomic mass is 9.68. The van der Waals surface area contributed by atoms with Crippen LogP contribution in [0.25, 0.3) is 0 Å². The Morgan fingerprint density at radius 2 is 1.83 bits per heavy atom. The standard InChI is InChI=1S/C28H44N2O6/c1-18(2)5-8-23-27(3,36-23)25-24(32-4)22(9-11-28(25)17-33-28)35-26(31)30-13-19(14-30)10-12-29-15-20-6-7-21(16-29)34-20/h5,19-25H,6-17H2,1-4H3/t20?,21?,22?,23-,24?,25?,27+,28?/m1/s1. The van der Waals surface area contributed by atoms with Crippen LogP contribution in [0, 0.1) is 11.8 Å². The van der Waals surface area contributed by atoms with Crippen molar-refractivity contribution in [1.82, 2.24) is 9.80 Å². The van der Waals surface area contributed by atoms with Crippen LogP contribution in [0.3, 0.4) is 0 Å². The van der Waals surface area contributed by atoms with Gasteiger partial charge < -0.3 is 28.6 Å². The molecule has 5 aliphatic heterocycles. The predicted octanol–water partition coefficient (Wildman–Crippen LogP) is 3.38. The number of allylic oxidation sites excluding steroid dienone is 1. The van der Waals surface area contributed by atoms with Gasteiger partial charge in [-0.15, -0.1) is 0 Å². The smallest absolute Gasteiger partial charge is 0.410 e. The number of morpholine rings is 1. The second kappa shape index (κ2) is 9.53. The molecule has 6 aliphatic rings. The molecule has 1 amide bonds. The molecule has 6 fully saturated rings. The molecule has 1 aliphatic carbocycles. The van der Waals surface area contributed by atoms with Crippen LogP contribution in [0.4, 0.5) is 4.79 Å². The zero-order valence-electron chi connectivity index (χ0n) is 22.4. The van der Waals surface area contributed by atoms with Gasteiger partial charge >= 0.3 is 6.09 Å². The van der Waals surface area contributed by atoms with Crippen LogP contribution in [0.2, 0.25) is 0 Å². The second-order valence-electron chi connectivity index (χ2n) is 12.6. The lowest BCUT2D eigenvalue weighted by Crippen LogP contribution is -2.57. The van der Waals surface area contributed by atoms with Crippen LogP contribution >= 0.6 is 0 Å². The number of methoxy groups -OCH3 is 1. The number of fused-ring (bicyclic) bond motifs is 2. The zero-order valence-corrected chi connectivity index (χ0v) is 22.4. The van der Waals surface area contributed by atoms with Gasteiger partial charge in [0, 0.05) is 33.3 Å². The molecule has 2 bridgehead atoms. The van der Waals surface area contributed by atoms with E-state index in [1.54, 1.807) is 7.11 Å². The quantitative estimate of drug-likeness (QED) is 0.370. The van der Waals surface area contributed by atoms with Gasteiger partial charge in [0.1, 0.15) is 23.4 Å². The van der Waals surface area contributed by atoms with E-state index in [4.69, 9.17) is 23.7 Å². The van der Waals surface area contributed by atoms with Gasteiger partial charge in [-0.05, 0) is 71.8 Å². The van der Waals surface area contributed by atoms with Crippen molar-refractivity contribution < 1.29 is 28.5 Å². The Hall–Kier alpha value is -1.19. The van der Waals surface area contributed by atoms with E-state index in [1.807, 2.05) is 4.90 Å². The summed E-state index contributed by atoms with van der Waals surface area (Å²) in [6, 6.07) is 0. The molecule has 0 aromatic heterocycles. The molecule has 0 aromatic carbocycles. The number of carbonyl (C=O) groups excluding carboxylic acids is 1. The highest BCUT2D eigenvalue weighted by atomic mass is 16.6. The Labute approximate surface area is 215 Å². The third-order valence-corrected chi connectivity index (χ3v) is 9.68. The van der Waals surface area contributed by atoms with E-state index >= 15 is 0 Å². The lowest BCUT2D eigenvalue weighted by molar-refractivity contribution is -0.124. The van der Waals surface area contributed by atoms with Crippen molar-refractivity contribution in [3.63, 3.8) is 0 Å². The summed E-state index contributed by atoms with van der Waals surface area (Å²) in [6.45, 7) is 12.0. The van der Waals surface area contributed by atoms with Crippen molar-refractivity contribution in [2.24, 2.45) is 11.8 Å². The Morgan fingerprint density at radius 3 is 2.47 bits per heavy atom. The normalized spacial score (nSPS) is 43.8. The maximum Gasteiger partial charge on any atom is 0.410 e. The molecule has 8 atom stereocenters. The van der Waals surface area contributed by atoms with E-state index < -0.39 is 0 Å². The average Bonchev–Trinajstić information content (AvgIpc) is 3.70. The second-order valence-corrected chi connectivity index (χ2v) is 12.6. The van der Waals surface area contributed by atoms with Crippen LogP contribution in [-0.4, -0.2) is 104 Å². The van der Waals surface area contributed by atoms with E-state index in [1.165, 1.54) is 18.4 Å². The third-order valence-electron chi connectivity index (χ3n) is 9.68. The summed E-state index contributed by atoms with van der Waals surface area (Å²) in [5.41, 5.74) is 0.794. The van der Waals surface area contributed by atoms with Crippen LogP contribution in [0.1, 0.15) is 59.3 Å². The van der Waals surface area contributed by atoms with Crippen molar-refractivity contribution in [3.05, 3.63) is 11.6 Å². The molecular weight excluding hydrogens is 460 g/mol. The zero-order chi connectivity index (χ0) is 25.1. The molecule has 1 spiro atoms. The molecule has 0 radical (unpaired) electrons. The highest BCUT2D eigenvalue weighted by Gasteiger charge is 2.72. The highest BCUT2D eigenvalue weighted by Crippen LogP contribution is 2.59. The molecule has 36 heavy (non-hydrogen) atoms. The molecule has 0 N–H and O–H groups in total. The summed E-state index contributed by atoms with van der Waals surface area (Å²) >= 11 is 0. The molecule has 6 unspecified atom stereocenters. The molecule has 0 aromatic rings. The average molecular weight is 505 g/mol. The van der Waals surface area contributed by atoms with Gasteiger partial charge in [-0.1, -0.05) is 11.6 Å². The van der Waals surface area contributed by atoms with Gasteiger partial charge in [-0.2, -0.15) is 0 Å². The van der Waals surface area contributed by atoms with Gasteiger partial charge in [0.15, 0.2) is 0 Å². The lowest BCUT2D eigenvalue weighted by Gasteiger charge is -2.45. The minimum Gasteiger partial charge on any atom is -0.443 e. The molecule has 8 heteroatoms. The number of hydrogen-bond donors (Lipinski definition) is 0. The summed E-state index contributed by atoms with van der Waals surface area (Å²) in [4.78, 5) is 17.5. The van der Waals surface area contributed by atoms with Crippen LogP contribution in [0.15, 0.2) is 11.6 Å². The first kappa shape index (κ1) is 25.1. The first-order valence-corrected chi connectivity index (χ1v) is 14.1. The van der Waals surface area contributed by atoms with Gasteiger partial charge in [-0.25, -0.2) is 4.79 Å². The summed E-state index contributed by atoms with van der Waals surface area (Å²) in [5.74, 6) is 0.623. The first-order valence-electron chi connectivity index (χ1n) is 14.1. The van der Waals surface area contributed by atoms with E-state index in [-0.39, 0.29) is 41.5 Å². The van der Waals surface area contributed by atoms with Gasteiger partial charge in [0.05, 0.1) is 30.8 Å². The topological polar surface area (TPSA) is 76.3 Å². The Kier molecular flexibility index (Phi) is 6.64.